The fourth-order valence-electron chi connectivity index (χ4n) is 1.74. The lowest BCUT2D eigenvalue weighted by atomic mass is 9.75. The monoisotopic (exact) mass is 215 g/mol. The first-order chi connectivity index (χ1) is 7.41. The molecule has 0 aromatic carbocycles. The van der Waals surface area contributed by atoms with E-state index in [4.69, 9.17) is 0 Å². The van der Waals surface area contributed by atoms with Crippen LogP contribution in [0.3, 0.4) is 0 Å². The van der Waals surface area contributed by atoms with Crippen molar-refractivity contribution in [3.63, 3.8) is 0 Å². The van der Waals surface area contributed by atoms with Crippen molar-refractivity contribution < 1.29 is 0 Å². The van der Waals surface area contributed by atoms with Gasteiger partial charge in [0.25, 0.3) is 0 Å². The lowest BCUT2D eigenvalue weighted by Gasteiger charge is -2.29. The standard InChI is InChI=1S/C15H21N/c1-7-11(2)15(5,6)12(3)14-9-8-10-16-13(14)4/h7-10H,3H2,1-2,4-6H3/b11-7+. The molecule has 0 atom stereocenters. The Kier molecular flexibility index (Phi) is 3.69. The summed E-state index contributed by atoms with van der Waals surface area (Å²) >= 11 is 0. The topological polar surface area (TPSA) is 12.9 Å². The first-order valence-electron chi connectivity index (χ1n) is 5.66. The van der Waals surface area contributed by atoms with Crippen molar-refractivity contribution in [2.45, 2.75) is 34.6 Å². The van der Waals surface area contributed by atoms with E-state index in [1.165, 1.54) is 5.57 Å². The van der Waals surface area contributed by atoms with Crippen LogP contribution in [0.4, 0.5) is 0 Å². The maximum Gasteiger partial charge on any atom is 0.0447 e. The highest BCUT2D eigenvalue weighted by Gasteiger charge is 2.25. The molecule has 0 amide bonds. The molecule has 0 aliphatic carbocycles. The lowest BCUT2D eigenvalue weighted by Crippen LogP contribution is -2.15. The number of aryl methyl sites for hydroxylation is 1. The van der Waals surface area contributed by atoms with Crippen LogP contribution in [0.25, 0.3) is 5.57 Å². The van der Waals surface area contributed by atoms with Crippen LogP contribution in [0.5, 0.6) is 0 Å². The molecule has 0 N–H and O–H groups in total. The predicted molar refractivity (Wildman–Crippen MR) is 71.2 cm³/mol. The van der Waals surface area contributed by atoms with Gasteiger partial charge in [-0.15, -0.1) is 0 Å². The Morgan fingerprint density at radius 3 is 2.56 bits per heavy atom. The maximum absolute atomic E-state index is 4.32. The summed E-state index contributed by atoms with van der Waals surface area (Å²) in [7, 11) is 0. The second-order valence-corrected chi connectivity index (χ2v) is 4.71. The molecular weight excluding hydrogens is 194 g/mol. The molecule has 0 unspecified atom stereocenters. The third-order valence-electron chi connectivity index (χ3n) is 3.51. The van der Waals surface area contributed by atoms with Crippen LogP contribution >= 0.6 is 0 Å². The normalized spacial score (nSPS) is 12.7. The van der Waals surface area contributed by atoms with Gasteiger partial charge in [-0.25, -0.2) is 0 Å². The van der Waals surface area contributed by atoms with Gasteiger partial charge in [0.1, 0.15) is 0 Å². The molecule has 1 aromatic rings. The molecule has 0 aliphatic rings. The zero-order valence-corrected chi connectivity index (χ0v) is 11.0. The molecule has 16 heavy (non-hydrogen) atoms. The summed E-state index contributed by atoms with van der Waals surface area (Å²) in [6.07, 6.45) is 3.97. The molecule has 0 aliphatic heterocycles. The number of rotatable bonds is 3. The Morgan fingerprint density at radius 2 is 2.06 bits per heavy atom. The molecule has 1 rings (SSSR count). The Hall–Kier alpha value is -1.37. The van der Waals surface area contributed by atoms with E-state index < -0.39 is 0 Å². The van der Waals surface area contributed by atoms with Crippen LogP contribution in [0.2, 0.25) is 0 Å². The highest BCUT2D eigenvalue weighted by molar-refractivity contribution is 5.71. The second-order valence-electron chi connectivity index (χ2n) is 4.71. The predicted octanol–water partition coefficient (Wildman–Crippen LogP) is 4.40. The molecule has 0 saturated heterocycles. The fraction of sp³-hybridized carbons (Fsp3) is 0.400. The minimum atomic E-state index is -0.0114. The number of pyridine rings is 1. The Morgan fingerprint density at radius 1 is 1.44 bits per heavy atom. The van der Waals surface area contributed by atoms with Gasteiger partial charge in [-0.1, -0.05) is 38.1 Å². The minimum Gasteiger partial charge on any atom is -0.261 e. The zero-order chi connectivity index (χ0) is 12.3. The van der Waals surface area contributed by atoms with E-state index in [9.17, 15) is 0 Å². The van der Waals surface area contributed by atoms with E-state index in [1.54, 1.807) is 0 Å². The van der Waals surface area contributed by atoms with Crippen LogP contribution in [-0.2, 0) is 0 Å². The Balaban J connectivity index is 3.18. The molecular formula is C15H21N. The minimum absolute atomic E-state index is 0.0114. The molecule has 0 radical (unpaired) electrons. The maximum atomic E-state index is 4.32. The lowest BCUT2D eigenvalue weighted by molar-refractivity contribution is 0.601. The zero-order valence-electron chi connectivity index (χ0n) is 11.0. The van der Waals surface area contributed by atoms with Crippen LogP contribution in [-0.4, -0.2) is 4.98 Å². The molecule has 1 aromatic heterocycles. The van der Waals surface area contributed by atoms with Crippen LogP contribution in [0, 0.1) is 12.3 Å². The van der Waals surface area contributed by atoms with Gasteiger partial charge in [0.2, 0.25) is 0 Å². The van der Waals surface area contributed by atoms with Crippen molar-refractivity contribution in [3.8, 4) is 0 Å². The summed E-state index contributed by atoms with van der Waals surface area (Å²) in [5.41, 5.74) is 4.66. The van der Waals surface area contributed by atoms with Gasteiger partial charge in [0, 0.05) is 17.3 Å². The van der Waals surface area contributed by atoms with E-state index in [1.807, 2.05) is 19.2 Å². The van der Waals surface area contributed by atoms with E-state index >= 15 is 0 Å². The first kappa shape index (κ1) is 12.7. The molecule has 1 nitrogen and oxygen atoms in total. The van der Waals surface area contributed by atoms with Gasteiger partial charge in [0.15, 0.2) is 0 Å². The average Bonchev–Trinajstić information content (AvgIpc) is 2.27. The van der Waals surface area contributed by atoms with Crippen LogP contribution in [0.15, 0.2) is 36.6 Å². The molecule has 0 spiro atoms. The van der Waals surface area contributed by atoms with Gasteiger partial charge >= 0.3 is 0 Å². The molecule has 0 bridgehead atoms. The smallest absolute Gasteiger partial charge is 0.0447 e. The number of nitrogens with zero attached hydrogens (tertiary/aromatic N) is 1. The Bertz CT molecular complexity index is 425. The van der Waals surface area contributed by atoms with Gasteiger partial charge in [-0.2, -0.15) is 0 Å². The first-order valence-corrected chi connectivity index (χ1v) is 5.66. The van der Waals surface area contributed by atoms with Gasteiger partial charge in [0.05, 0.1) is 0 Å². The van der Waals surface area contributed by atoms with Gasteiger partial charge in [-0.05, 0) is 38.0 Å². The largest absolute Gasteiger partial charge is 0.261 e. The fourth-order valence-corrected chi connectivity index (χ4v) is 1.74. The molecule has 86 valence electrons. The highest BCUT2D eigenvalue weighted by Crippen LogP contribution is 2.39. The van der Waals surface area contributed by atoms with E-state index in [2.05, 4.69) is 51.4 Å². The Labute approximate surface area is 98.9 Å². The SMILES string of the molecule is C=C(c1cccnc1C)C(C)(C)/C(C)=C/C. The van der Waals surface area contributed by atoms with Crippen molar-refractivity contribution in [2.24, 2.45) is 5.41 Å². The molecule has 0 saturated carbocycles. The summed E-state index contributed by atoms with van der Waals surface area (Å²) in [6.45, 7) is 14.9. The van der Waals surface area contributed by atoms with Crippen molar-refractivity contribution >= 4 is 5.57 Å². The van der Waals surface area contributed by atoms with Gasteiger partial charge in [-0.3, -0.25) is 4.98 Å². The van der Waals surface area contributed by atoms with Crippen LogP contribution in [0.1, 0.15) is 39.0 Å². The molecule has 1 heterocycles. The van der Waals surface area contributed by atoms with E-state index in [0.717, 1.165) is 16.8 Å². The van der Waals surface area contributed by atoms with Gasteiger partial charge < -0.3 is 0 Å². The van der Waals surface area contributed by atoms with Crippen molar-refractivity contribution in [3.05, 3.63) is 47.8 Å². The third kappa shape index (κ3) is 2.24. The van der Waals surface area contributed by atoms with E-state index in [0.29, 0.717) is 0 Å². The van der Waals surface area contributed by atoms with Crippen molar-refractivity contribution in [2.75, 3.05) is 0 Å². The summed E-state index contributed by atoms with van der Waals surface area (Å²) in [5, 5.41) is 0. The summed E-state index contributed by atoms with van der Waals surface area (Å²) < 4.78 is 0. The van der Waals surface area contributed by atoms with E-state index in [-0.39, 0.29) is 5.41 Å². The van der Waals surface area contributed by atoms with Crippen LogP contribution < -0.4 is 0 Å². The summed E-state index contributed by atoms with van der Waals surface area (Å²) in [4.78, 5) is 4.32. The number of allylic oxidation sites excluding steroid dienone is 3. The molecule has 0 fully saturated rings. The average molecular weight is 215 g/mol. The second kappa shape index (κ2) is 4.65. The molecule has 1 heteroatoms. The van der Waals surface area contributed by atoms with Crippen molar-refractivity contribution in [1.82, 2.24) is 4.98 Å². The highest BCUT2D eigenvalue weighted by atomic mass is 14.7. The number of aromatic nitrogens is 1. The quantitative estimate of drug-likeness (QED) is 0.681. The summed E-state index contributed by atoms with van der Waals surface area (Å²) in [6, 6.07) is 4.06. The van der Waals surface area contributed by atoms with Crippen molar-refractivity contribution in [1.29, 1.82) is 0 Å². The summed E-state index contributed by atoms with van der Waals surface area (Å²) in [5.74, 6) is 0. The number of hydrogen-bond acceptors (Lipinski definition) is 1. The third-order valence-corrected chi connectivity index (χ3v) is 3.51. The number of hydrogen-bond donors (Lipinski definition) is 0.